The van der Waals surface area contributed by atoms with E-state index in [0.717, 1.165) is 24.7 Å². The second kappa shape index (κ2) is 5.36. The van der Waals surface area contributed by atoms with Crippen molar-refractivity contribution < 1.29 is 0 Å². The van der Waals surface area contributed by atoms with Crippen molar-refractivity contribution in [1.82, 2.24) is 5.32 Å². The molecule has 0 spiro atoms. The molecule has 0 radical (unpaired) electrons. The van der Waals surface area contributed by atoms with Crippen LogP contribution in [0.15, 0.2) is 42.5 Å². The van der Waals surface area contributed by atoms with Crippen LogP contribution in [-0.2, 0) is 6.42 Å². The second-order valence-electron chi connectivity index (χ2n) is 5.94. The molecule has 2 aromatic carbocycles. The van der Waals surface area contributed by atoms with E-state index in [1.54, 1.807) is 0 Å². The third-order valence-electron chi connectivity index (χ3n) is 4.63. The summed E-state index contributed by atoms with van der Waals surface area (Å²) in [6, 6.07) is 15.7. The van der Waals surface area contributed by atoms with Gasteiger partial charge in [0.1, 0.15) is 0 Å². The molecule has 2 nitrogen and oxygen atoms in total. The molecule has 0 aromatic heterocycles. The number of anilines is 1. The molecule has 1 fully saturated rings. The van der Waals surface area contributed by atoms with Gasteiger partial charge in [-0.05, 0) is 60.3 Å². The summed E-state index contributed by atoms with van der Waals surface area (Å²) in [6.45, 7) is 3.34. The Morgan fingerprint density at radius 1 is 1.05 bits per heavy atom. The van der Waals surface area contributed by atoms with Crippen molar-refractivity contribution in [2.24, 2.45) is 0 Å². The molecule has 2 aliphatic rings. The third kappa shape index (κ3) is 2.43. The zero-order valence-corrected chi connectivity index (χ0v) is 12.7. The number of nitrogens with zero attached hydrogens (tertiary/aromatic N) is 1. The molecule has 1 atom stereocenters. The smallest absolute Gasteiger partial charge is 0.0412 e. The van der Waals surface area contributed by atoms with Crippen LogP contribution in [0.1, 0.15) is 12.0 Å². The Bertz CT molecular complexity index is 668. The lowest BCUT2D eigenvalue weighted by Gasteiger charge is -2.24. The monoisotopic (exact) mass is 298 g/mol. The molecule has 2 heterocycles. The molecule has 0 amide bonds. The van der Waals surface area contributed by atoms with Crippen molar-refractivity contribution in [3.05, 3.63) is 53.1 Å². The predicted octanol–water partition coefficient (Wildman–Crippen LogP) is 3.73. The summed E-state index contributed by atoms with van der Waals surface area (Å²) < 4.78 is 0. The fourth-order valence-corrected chi connectivity index (χ4v) is 3.78. The van der Waals surface area contributed by atoms with E-state index in [2.05, 4.69) is 34.5 Å². The van der Waals surface area contributed by atoms with E-state index in [0.29, 0.717) is 6.04 Å². The van der Waals surface area contributed by atoms with E-state index in [1.165, 1.54) is 35.2 Å². The van der Waals surface area contributed by atoms with Crippen LogP contribution in [0.2, 0.25) is 5.02 Å². The van der Waals surface area contributed by atoms with Crippen LogP contribution in [0, 0.1) is 0 Å². The lowest BCUT2D eigenvalue weighted by Crippen LogP contribution is -2.32. The van der Waals surface area contributed by atoms with Gasteiger partial charge in [-0.15, -0.1) is 0 Å². The average molecular weight is 299 g/mol. The minimum absolute atomic E-state index is 0.671. The molecular weight excluding hydrogens is 280 g/mol. The maximum atomic E-state index is 6.11. The zero-order chi connectivity index (χ0) is 14.2. The number of hydrogen-bond donors (Lipinski definition) is 1. The van der Waals surface area contributed by atoms with Crippen molar-refractivity contribution in [1.29, 1.82) is 0 Å². The second-order valence-corrected chi connectivity index (χ2v) is 6.38. The molecule has 0 aliphatic carbocycles. The summed E-state index contributed by atoms with van der Waals surface area (Å²) in [7, 11) is 0. The summed E-state index contributed by atoms with van der Waals surface area (Å²) in [5.74, 6) is 0. The number of fused-ring (bicyclic) bond motifs is 3. The maximum Gasteiger partial charge on any atom is 0.0412 e. The zero-order valence-electron chi connectivity index (χ0n) is 12.0. The van der Waals surface area contributed by atoms with Crippen LogP contribution in [0.4, 0.5) is 5.69 Å². The first kappa shape index (κ1) is 13.2. The van der Waals surface area contributed by atoms with Crippen LogP contribution in [-0.4, -0.2) is 25.7 Å². The quantitative estimate of drug-likeness (QED) is 0.863. The van der Waals surface area contributed by atoms with Gasteiger partial charge >= 0.3 is 0 Å². The molecule has 108 valence electrons. The number of rotatable bonds is 1. The first-order valence-electron chi connectivity index (χ1n) is 7.67. The van der Waals surface area contributed by atoms with Crippen LogP contribution in [0.5, 0.6) is 0 Å². The van der Waals surface area contributed by atoms with Gasteiger partial charge in [0.25, 0.3) is 0 Å². The van der Waals surface area contributed by atoms with Gasteiger partial charge in [0.2, 0.25) is 0 Å². The van der Waals surface area contributed by atoms with E-state index in [1.807, 2.05) is 18.2 Å². The summed E-state index contributed by atoms with van der Waals surface area (Å²) in [6.07, 6.45) is 2.41. The standard InChI is InChI=1S/C18H19ClN2/c19-16-3-1-2-13(11-16)14-4-5-18-15(10-14)12-17-6-7-20-8-9-21(17)18/h1-5,10-11,17,20H,6-9,12H2. The van der Waals surface area contributed by atoms with Gasteiger partial charge in [-0.2, -0.15) is 0 Å². The van der Waals surface area contributed by atoms with Gasteiger partial charge in [-0.1, -0.05) is 29.8 Å². The van der Waals surface area contributed by atoms with Gasteiger partial charge in [0.15, 0.2) is 0 Å². The minimum atomic E-state index is 0.671. The lowest BCUT2D eigenvalue weighted by molar-refractivity contribution is 0.612. The van der Waals surface area contributed by atoms with Crippen molar-refractivity contribution in [2.45, 2.75) is 18.9 Å². The van der Waals surface area contributed by atoms with Gasteiger partial charge in [-0.25, -0.2) is 0 Å². The van der Waals surface area contributed by atoms with E-state index in [9.17, 15) is 0 Å². The van der Waals surface area contributed by atoms with E-state index in [4.69, 9.17) is 11.6 Å². The van der Waals surface area contributed by atoms with Gasteiger partial charge in [-0.3, -0.25) is 0 Å². The van der Waals surface area contributed by atoms with Crippen molar-refractivity contribution in [3.63, 3.8) is 0 Å². The van der Waals surface area contributed by atoms with Crippen LogP contribution in [0.25, 0.3) is 11.1 Å². The van der Waals surface area contributed by atoms with Crippen LogP contribution >= 0.6 is 11.6 Å². The minimum Gasteiger partial charge on any atom is -0.367 e. The third-order valence-corrected chi connectivity index (χ3v) is 4.86. The molecule has 4 rings (SSSR count). The normalized spacial score (nSPS) is 20.8. The Hall–Kier alpha value is -1.51. The summed E-state index contributed by atoms with van der Waals surface area (Å²) in [5.41, 5.74) is 5.38. The molecule has 1 unspecified atom stereocenters. The Balaban J connectivity index is 1.70. The van der Waals surface area contributed by atoms with Gasteiger partial charge < -0.3 is 10.2 Å². The highest BCUT2D eigenvalue weighted by Crippen LogP contribution is 2.36. The molecule has 2 aliphatic heterocycles. The van der Waals surface area contributed by atoms with E-state index >= 15 is 0 Å². The molecule has 21 heavy (non-hydrogen) atoms. The number of hydrogen-bond acceptors (Lipinski definition) is 2. The Labute approximate surface area is 130 Å². The fourth-order valence-electron chi connectivity index (χ4n) is 3.59. The highest BCUT2D eigenvalue weighted by atomic mass is 35.5. The molecular formula is C18H19ClN2. The maximum absolute atomic E-state index is 6.11. The molecule has 1 N–H and O–H groups in total. The summed E-state index contributed by atoms with van der Waals surface area (Å²) >= 11 is 6.11. The molecule has 0 saturated carbocycles. The molecule has 1 saturated heterocycles. The molecule has 0 bridgehead atoms. The number of benzene rings is 2. The Morgan fingerprint density at radius 3 is 2.86 bits per heavy atom. The SMILES string of the molecule is Clc1cccc(-c2ccc3c(c2)CC2CCNCCN32)c1. The van der Waals surface area contributed by atoms with Crippen molar-refractivity contribution >= 4 is 17.3 Å². The molecule has 2 aromatic rings. The predicted molar refractivity (Wildman–Crippen MR) is 89.2 cm³/mol. The summed E-state index contributed by atoms with van der Waals surface area (Å²) in [4.78, 5) is 2.58. The topological polar surface area (TPSA) is 15.3 Å². The highest BCUT2D eigenvalue weighted by Gasteiger charge is 2.29. The van der Waals surface area contributed by atoms with E-state index in [-0.39, 0.29) is 0 Å². The van der Waals surface area contributed by atoms with Crippen LogP contribution in [0.3, 0.4) is 0 Å². The number of halogens is 1. The first-order valence-corrected chi connectivity index (χ1v) is 8.05. The first-order chi connectivity index (χ1) is 10.3. The van der Waals surface area contributed by atoms with Gasteiger partial charge in [0, 0.05) is 29.8 Å². The van der Waals surface area contributed by atoms with Crippen molar-refractivity contribution in [2.75, 3.05) is 24.5 Å². The fraction of sp³-hybridized carbons (Fsp3) is 0.333. The Morgan fingerprint density at radius 2 is 1.95 bits per heavy atom. The summed E-state index contributed by atoms with van der Waals surface area (Å²) in [5, 5.41) is 4.29. The molecule has 3 heteroatoms. The number of nitrogens with one attached hydrogen (secondary N) is 1. The van der Waals surface area contributed by atoms with E-state index < -0.39 is 0 Å². The highest BCUT2D eigenvalue weighted by molar-refractivity contribution is 6.30. The van der Waals surface area contributed by atoms with Crippen LogP contribution < -0.4 is 10.2 Å². The van der Waals surface area contributed by atoms with Crippen molar-refractivity contribution in [3.8, 4) is 11.1 Å². The van der Waals surface area contributed by atoms with Gasteiger partial charge in [0.05, 0.1) is 0 Å². The average Bonchev–Trinajstić information content (AvgIpc) is 2.67. The Kier molecular flexibility index (Phi) is 3.36. The lowest BCUT2D eigenvalue weighted by atomic mass is 10.0. The largest absolute Gasteiger partial charge is 0.367 e.